The molecule has 0 radical (unpaired) electrons. The molecule has 1 amide bonds. The Kier molecular flexibility index (Phi) is 9.86. The van der Waals surface area contributed by atoms with E-state index in [4.69, 9.17) is 9.47 Å². The molecule has 4 heterocycles. The third-order valence-corrected chi connectivity index (χ3v) is 6.73. The van der Waals surface area contributed by atoms with Crippen LogP contribution in [0, 0.1) is 25.5 Å². The number of esters is 1. The SMILES string of the molecule is COC(=O)c1cc(-c2cnc(OC)cc2C)n(C)n1.COc1cc(C)c(-c2cc(C(=O)Nc3c(F)cccc3F)nn2C)cn1. The molecular formula is C31H31F2N7O5. The van der Waals surface area contributed by atoms with Gasteiger partial charge >= 0.3 is 5.97 Å². The quantitative estimate of drug-likeness (QED) is 0.252. The minimum atomic E-state index is -0.857. The zero-order chi connectivity index (χ0) is 32.8. The van der Waals surface area contributed by atoms with Crippen LogP contribution in [-0.4, -0.2) is 62.7 Å². The molecule has 1 aromatic carbocycles. The number of rotatable bonds is 7. The van der Waals surface area contributed by atoms with Gasteiger partial charge < -0.3 is 19.5 Å². The highest BCUT2D eigenvalue weighted by Crippen LogP contribution is 2.27. The highest BCUT2D eigenvalue weighted by molar-refractivity contribution is 6.03. The van der Waals surface area contributed by atoms with Crippen LogP contribution in [0.4, 0.5) is 14.5 Å². The molecule has 12 nitrogen and oxygen atoms in total. The fourth-order valence-corrected chi connectivity index (χ4v) is 4.37. The zero-order valence-electron chi connectivity index (χ0n) is 25.7. The lowest BCUT2D eigenvalue weighted by Crippen LogP contribution is -2.15. The zero-order valence-corrected chi connectivity index (χ0v) is 25.7. The molecule has 0 aliphatic rings. The summed E-state index contributed by atoms with van der Waals surface area (Å²) in [6.07, 6.45) is 3.32. The van der Waals surface area contributed by atoms with E-state index in [-0.39, 0.29) is 11.4 Å². The molecule has 0 saturated carbocycles. The summed E-state index contributed by atoms with van der Waals surface area (Å²) in [6.45, 7) is 3.82. The second-order valence-corrected chi connectivity index (χ2v) is 9.70. The Morgan fingerprint density at radius 3 is 1.67 bits per heavy atom. The summed E-state index contributed by atoms with van der Waals surface area (Å²) in [5.41, 5.74) is 4.76. The van der Waals surface area contributed by atoms with E-state index in [9.17, 15) is 18.4 Å². The average Bonchev–Trinajstić information content (AvgIpc) is 3.61. The van der Waals surface area contributed by atoms with E-state index < -0.39 is 29.2 Å². The smallest absolute Gasteiger partial charge is 0.358 e. The van der Waals surface area contributed by atoms with Crippen molar-refractivity contribution >= 4 is 17.6 Å². The molecule has 0 spiro atoms. The van der Waals surface area contributed by atoms with E-state index in [2.05, 4.69) is 30.2 Å². The van der Waals surface area contributed by atoms with Crippen LogP contribution in [0.2, 0.25) is 0 Å². The highest BCUT2D eigenvalue weighted by Gasteiger charge is 2.19. The van der Waals surface area contributed by atoms with Gasteiger partial charge in [-0.1, -0.05) is 6.07 Å². The second-order valence-electron chi connectivity index (χ2n) is 9.70. The largest absolute Gasteiger partial charge is 0.481 e. The van der Waals surface area contributed by atoms with E-state index in [0.717, 1.165) is 40.1 Å². The molecule has 5 aromatic rings. The molecule has 0 aliphatic heterocycles. The van der Waals surface area contributed by atoms with Gasteiger partial charge in [0, 0.05) is 49.7 Å². The number of aromatic nitrogens is 6. The molecule has 14 heteroatoms. The number of para-hydroxylation sites is 1. The third-order valence-electron chi connectivity index (χ3n) is 6.73. The van der Waals surface area contributed by atoms with Crippen LogP contribution in [0.25, 0.3) is 22.5 Å². The van der Waals surface area contributed by atoms with Gasteiger partial charge in [-0.15, -0.1) is 0 Å². The van der Waals surface area contributed by atoms with Crippen molar-refractivity contribution in [3.63, 3.8) is 0 Å². The Bertz CT molecular complexity index is 1850. The van der Waals surface area contributed by atoms with Gasteiger partial charge in [0.25, 0.3) is 5.91 Å². The third kappa shape index (κ3) is 7.12. The summed E-state index contributed by atoms with van der Waals surface area (Å²) in [7, 11) is 7.86. The number of methoxy groups -OCH3 is 3. The van der Waals surface area contributed by atoms with Crippen LogP contribution in [0.15, 0.2) is 54.9 Å². The summed E-state index contributed by atoms with van der Waals surface area (Å²) in [6, 6.07) is 10.2. The summed E-state index contributed by atoms with van der Waals surface area (Å²) in [5.74, 6) is -1.86. The van der Waals surface area contributed by atoms with Crippen LogP contribution < -0.4 is 14.8 Å². The number of hydrogen-bond acceptors (Lipinski definition) is 9. The van der Waals surface area contributed by atoms with E-state index >= 15 is 0 Å². The molecule has 0 saturated heterocycles. The van der Waals surface area contributed by atoms with Crippen molar-refractivity contribution in [2.75, 3.05) is 26.6 Å². The van der Waals surface area contributed by atoms with Crippen molar-refractivity contribution < 1.29 is 32.6 Å². The number of nitrogens with one attached hydrogen (secondary N) is 1. The number of hydrogen-bond donors (Lipinski definition) is 1. The number of anilines is 1. The molecular weight excluding hydrogens is 588 g/mol. The minimum Gasteiger partial charge on any atom is -0.481 e. The Labute approximate surface area is 257 Å². The van der Waals surface area contributed by atoms with Crippen molar-refractivity contribution in [1.29, 1.82) is 0 Å². The molecule has 1 N–H and O–H groups in total. The summed E-state index contributed by atoms with van der Waals surface area (Å²) < 4.78 is 45.3. The standard InChI is InChI=1S/C18H16F2N4O2.C13H15N3O3/c1-10-7-16(26-3)21-9-11(10)15-8-14(23-24(15)2)18(25)22-17-12(19)5-4-6-13(17)20;1-8-5-12(18-3)14-7-9(8)11-6-10(13(17)19-4)15-16(11)2/h4-9H,1-3H3,(H,22,25);5-7H,1-4H3. The molecule has 45 heavy (non-hydrogen) atoms. The lowest BCUT2D eigenvalue weighted by Gasteiger charge is -2.07. The van der Waals surface area contributed by atoms with E-state index in [1.54, 1.807) is 50.4 Å². The lowest BCUT2D eigenvalue weighted by molar-refractivity contribution is 0.0593. The molecule has 0 unspecified atom stereocenters. The summed E-state index contributed by atoms with van der Waals surface area (Å²) >= 11 is 0. The second kappa shape index (κ2) is 13.8. The fraction of sp³-hybridized carbons (Fsp3) is 0.226. The number of benzene rings is 1. The number of carbonyl (C=O) groups is 2. The number of nitrogens with zero attached hydrogens (tertiary/aromatic N) is 6. The van der Waals surface area contributed by atoms with Crippen LogP contribution in [0.5, 0.6) is 11.8 Å². The normalized spacial score (nSPS) is 10.5. The van der Waals surface area contributed by atoms with Crippen molar-refractivity contribution in [2.24, 2.45) is 14.1 Å². The van der Waals surface area contributed by atoms with Crippen LogP contribution >= 0.6 is 0 Å². The minimum absolute atomic E-state index is 0.0281. The average molecular weight is 620 g/mol. The van der Waals surface area contributed by atoms with Gasteiger partial charge in [0.2, 0.25) is 11.8 Å². The first-order valence-electron chi connectivity index (χ1n) is 13.4. The molecule has 0 fully saturated rings. The van der Waals surface area contributed by atoms with Crippen molar-refractivity contribution in [3.05, 3.63) is 89.0 Å². The topological polar surface area (TPSA) is 135 Å². The predicted octanol–water partition coefficient (Wildman–Crippen LogP) is 4.92. The Hall–Kier alpha value is -5.66. The first kappa shape index (κ1) is 32.3. The number of carbonyl (C=O) groups excluding carboxylic acids is 2. The van der Waals surface area contributed by atoms with Crippen LogP contribution in [-0.2, 0) is 18.8 Å². The van der Waals surface area contributed by atoms with Gasteiger partial charge in [0.05, 0.1) is 32.7 Å². The molecule has 0 atom stereocenters. The van der Waals surface area contributed by atoms with Crippen molar-refractivity contribution in [3.8, 4) is 34.3 Å². The van der Waals surface area contributed by atoms with Crippen LogP contribution in [0.1, 0.15) is 32.1 Å². The maximum Gasteiger partial charge on any atom is 0.358 e. The Morgan fingerprint density at radius 2 is 1.22 bits per heavy atom. The Morgan fingerprint density at radius 1 is 0.756 bits per heavy atom. The van der Waals surface area contributed by atoms with Crippen LogP contribution in [0.3, 0.4) is 0 Å². The maximum atomic E-state index is 13.7. The maximum absolute atomic E-state index is 13.7. The summed E-state index contributed by atoms with van der Waals surface area (Å²) in [4.78, 5) is 32.1. The number of amides is 1. The van der Waals surface area contributed by atoms with Crippen molar-refractivity contribution in [1.82, 2.24) is 29.5 Å². The van der Waals surface area contributed by atoms with Gasteiger partial charge in [-0.25, -0.2) is 23.5 Å². The highest BCUT2D eigenvalue weighted by atomic mass is 19.1. The first-order chi connectivity index (χ1) is 21.5. The molecule has 234 valence electrons. The number of ether oxygens (including phenoxy) is 3. The lowest BCUT2D eigenvalue weighted by atomic mass is 10.1. The number of halogens is 2. The fourth-order valence-electron chi connectivity index (χ4n) is 4.37. The van der Waals surface area contributed by atoms with Gasteiger partial charge in [-0.3, -0.25) is 14.2 Å². The number of pyridine rings is 2. The van der Waals surface area contributed by atoms with Gasteiger partial charge in [-0.05, 0) is 49.2 Å². The predicted molar refractivity (Wildman–Crippen MR) is 161 cm³/mol. The molecule has 4 aromatic heterocycles. The summed E-state index contributed by atoms with van der Waals surface area (Å²) in [5, 5.41) is 10.5. The first-order valence-corrected chi connectivity index (χ1v) is 13.4. The monoisotopic (exact) mass is 619 g/mol. The van der Waals surface area contributed by atoms with Gasteiger partial charge in [-0.2, -0.15) is 10.2 Å². The molecule has 5 rings (SSSR count). The van der Waals surface area contributed by atoms with E-state index in [0.29, 0.717) is 17.5 Å². The number of aryl methyl sites for hydroxylation is 4. The molecule has 0 aliphatic carbocycles. The van der Waals surface area contributed by atoms with Gasteiger partial charge in [0.1, 0.15) is 17.3 Å². The molecule has 0 bridgehead atoms. The Balaban J connectivity index is 0.000000215. The van der Waals surface area contributed by atoms with Crippen molar-refractivity contribution in [2.45, 2.75) is 13.8 Å². The van der Waals surface area contributed by atoms with Gasteiger partial charge in [0.15, 0.2) is 11.4 Å². The van der Waals surface area contributed by atoms with E-state index in [1.807, 2.05) is 19.9 Å². The van der Waals surface area contributed by atoms with E-state index in [1.165, 1.54) is 31.0 Å².